The normalized spacial score (nSPS) is 24.4. The Bertz CT molecular complexity index is 390. The molecule has 2 rings (SSSR count). The first-order valence-electron chi connectivity index (χ1n) is 6.39. The number of rotatable bonds is 2. The first kappa shape index (κ1) is 12.6. The molecule has 1 heterocycles. The molecule has 0 aromatic heterocycles. The van der Waals surface area contributed by atoms with E-state index in [0.717, 1.165) is 25.0 Å². The van der Waals surface area contributed by atoms with Gasteiger partial charge in [-0.1, -0.05) is 18.2 Å². The summed E-state index contributed by atoms with van der Waals surface area (Å²) in [7, 11) is 0. The Balaban J connectivity index is 2.26. The molecule has 0 saturated carbocycles. The largest absolute Gasteiger partial charge is 0.385 e. The Morgan fingerprint density at radius 3 is 2.65 bits per heavy atom. The summed E-state index contributed by atoms with van der Waals surface area (Å²) in [6.45, 7) is 7.60. The van der Waals surface area contributed by atoms with E-state index < -0.39 is 5.60 Å². The molecule has 17 heavy (non-hydrogen) atoms. The minimum Gasteiger partial charge on any atom is -0.385 e. The van der Waals surface area contributed by atoms with Crippen molar-refractivity contribution in [3.05, 3.63) is 34.9 Å². The molecule has 1 aromatic rings. The first-order valence-corrected chi connectivity index (χ1v) is 6.39. The fraction of sp³-hybridized carbons (Fsp3) is 0.600. The maximum absolute atomic E-state index is 10.7. The second-order valence-electron chi connectivity index (χ2n) is 5.36. The highest BCUT2D eigenvalue weighted by Crippen LogP contribution is 2.35. The van der Waals surface area contributed by atoms with Crippen LogP contribution in [0.5, 0.6) is 0 Å². The summed E-state index contributed by atoms with van der Waals surface area (Å²) in [6, 6.07) is 6.23. The smallest absolute Gasteiger partial charge is 0.0918 e. The quantitative estimate of drug-likeness (QED) is 0.852. The van der Waals surface area contributed by atoms with Gasteiger partial charge in [-0.25, -0.2) is 0 Å². The van der Waals surface area contributed by atoms with Crippen LogP contribution in [0.4, 0.5) is 0 Å². The van der Waals surface area contributed by atoms with E-state index in [1.807, 2.05) is 13.0 Å². The molecule has 0 aliphatic carbocycles. The van der Waals surface area contributed by atoms with Crippen LogP contribution in [0.25, 0.3) is 0 Å². The summed E-state index contributed by atoms with van der Waals surface area (Å²) >= 11 is 0. The fourth-order valence-corrected chi connectivity index (χ4v) is 2.48. The van der Waals surface area contributed by atoms with E-state index >= 15 is 0 Å². The fourth-order valence-electron chi connectivity index (χ4n) is 2.48. The molecule has 2 atom stereocenters. The van der Waals surface area contributed by atoms with Crippen molar-refractivity contribution in [2.24, 2.45) is 5.92 Å². The molecule has 2 unspecified atom stereocenters. The van der Waals surface area contributed by atoms with Crippen LogP contribution in [-0.2, 0) is 10.3 Å². The molecule has 2 nitrogen and oxygen atoms in total. The van der Waals surface area contributed by atoms with Gasteiger partial charge in [-0.05, 0) is 50.3 Å². The van der Waals surface area contributed by atoms with Gasteiger partial charge in [0.05, 0.1) is 12.2 Å². The van der Waals surface area contributed by atoms with Crippen LogP contribution in [0.15, 0.2) is 18.2 Å². The molecule has 0 spiro atoms. The highest BCUT2D eigenvalue weighted by atomic mass is 16.5. The lowest BCUT2D eigenvalue weighted by atomic mass is 9.79. The van der Waals surface area contributed by atoms with Gasteiger partial charge in [-0.2, -0.15) is 0 Å². The lowest BCUT2D eigenvalue weighted by molar-refractivity contribution is -0.0724. The van der Waals surface area contributed by atoms with Gasteiger partial charge in [0, 0.05) is 12.5 Å². The third-order valence-corrected chi connectivity index (χ3v) is 4.05. The lowest BCUT2D eigenvalue weighted by Gasteiger charge is -2.36. The lowest BCUT2D eigenvalue weighted by Crippen LogP contribution is -2.37. The van der Waals surface area contributed by atoms with E-state index in [1.54, 1.807) is 0 Å². The second-order valence-corrected chi connectivity index (χ2v) is 5.36. The summed E-state index contributed by atoms with van der Waals surface area (Å²) in [5.74, 6) is 0.207. The van der Waals surface area contributed by atoms with Crippen molar-refractivity contribution in [1.82, 2.24) is 0 Å². The Hall–Kier alpha value is -0.860. The van der Waals surface area contributed by atoms with Gasteiger partial charge in [0.25, 0.3) is 0 Å². The van der Waals surface area contributed by atoms with Crippen LogP contribution in [0, 0.1) is 19.8 Å². The topological polar surface area (TPSA) is 29.5 Å². The Labute approximate surface area is 104 Å². The van der Waals surface area contributed by atoms with Gasteiger partial charge < -0.3 is 9.84 Å². The van der Waals surface area contributed by atoms with E-state index in [4.69, 9.17) is 4.74 Å². The molecule has 1 N–H and O–H groups in total. The maximum atomic E-state index is 10.7. The van der Waals surface area contributed by atoms with E-state index in [2.05, 4.69) is 26.0 Å². The number of benzene rings is 1. The van der Waals surface area contributed by atoms with Crippen molar-refractivity contribution in [2.75, 3.05) is 13.2 Å². The highest BCUT2D eigenvalue weighted by Gasteiger charge is 2.35. The van der Waals surface area contributed by atoms with Crippen LogP contribution < -0.4 is 0 Å². The zero-order chi connectivity index (χ0) is 12.5. The van der Waals surface area contributed by atoms with Gasteiger partial charge in [0.2, 0.25) is 0 Å². The van der Waals surface area contributed by atoms with Gasteiger partial charge in [0.1, 0.15) is 0 Å². The van der Waals surface area contributed by atoms with Crippen LogP contribution in [0.3, 0.4) is 0 Å². The van der Waals surface area contributed by atoms with Crippen LogP contribution >= 0.6 is 0 Å². The number of hydrogen-bond acceptors (Lipinski definition) is 2. The molecule has 1 aliphatic heterocycles. The summed E-state index contributed by atoms with van der Waals surface area (Å²) in [6.07, 6.45) is 2.09. The minimum atomic E-state index is -0.779. The van der Waals surface area contributed by atoms with Crippen LogP contribution in [-0.4, -0.2) is 18.3 Å². The average Bonchev–Trinajstić information content (AvgIpc) is 2.33. The average molecular weight is 234 g/mol. The van der Waals surface area contributed by atoms with Crippen LogP contribution in [0.2, 0.25) is 0 Å². The summed E-state index contributed by atoms with van der Waals surface area (Å²) < 4.78 is 5.48. The zero-order valence-electron chi connectivity index (χ0n) is 11.0. The van der Waals surface area contributed by atoms with E-state index in [0.29, 0.717) is 6.61 Å². The molecule has 1 saturated heterocycles. The molecular formula is C15H22O2. The first-order chi connectivity index (χ1) is 8.01. The monoisotopic (exact) mass is 234 g/mol. The van der Waals surface area contributed by atoms with E-state index in [9.17, 15) is 5.11 Å². The molecule has 2 heteroatoms. The molecule has 1 aromatic carbocycles. The van der Waals surface area contributed by atoms with Gasteiger partial charge in [-0.15, -0.1) is 0 Å². The van der Waals surface area contributed by atoms with Crippen molar-refractivity contribution >= 4 is 0 Å². The summed E-state index contributed by atoms with van der Waals surface area (Å²) in [4.78, 5) is 0. The minimum absolute atomic E-state index is 0.207. The SMILES string of the molecule is Cc1ccc(C(C)(O)C2CCCOC2)cc1C. The van der Waals surface area contributed by atoms with Gasteiger partial charge in [-0.3, -0.25) is 0 Å². The third-order valence-electron chi connectivity index (χ3n) is 4.05. The van der Waals surface area contributed by atoms with Crippen molar-refractivity contribution in [2.45, 2.75) is 39.2 Å². The number of aryl methyl sites for hydroxylation is 2. The summed E-state index contributed by atoms with van der Waals surface area (Å²) in [5.41, 5.74) is 2.74. The molecule has 1 aliphatic rings. The van der Waals surface area contributed by atoms with Crippen molar-refractivity contribution in [3.63, 3.8) is 0 Å². The third kappa shape index (κ3) is 2.53. The van der Waals surface area contributed by atoms with Crippen molar-refractivity contribution < 1.29 is 9.84 Å². The Morgan fingerprint density at radius 2 is 2.06 bits per heavy atom. The van der Waals surface area contributed by atoms with Crippen LogP contribution in [0.1, 0.15) is 36.5 Å². The van der Waals surface area contributed by atoms with Gasteiger partial charge in [0.15, 0.2) is 0 Å². The Morgan fingerprint density at radius 1 is 1.29 bits per heavy atom. The molecule has 0 bridgehead atoms. The Kier molecular flexibility index (Phi) is 3.55. The predicted octanol–water partition coefficient (Wildman–Crippen LogP) is 2.94. The number of aliphatic hydroxyl groups is 1. The molecule has 0 radical (unpaired) electrons. The zero-order valence-corrected chi connectivity index (χ0v) is 11.0. The van der Waals surface area contributed by atoms with E-state index in [-0.39, 0.29) is 5.92 Å². The molecule has 1 fully saturated rings. The number of ether oxygens (including phenoxy) is 1. The maximum Gasteiger partial charge on any atom is 0.0918 e. The predicted molar refractivity (Wildman–Crippen MR) is 69.0 cm³/mol. The van der Waals surface area contributed by atoms with E-state index in [1.165, 1.54) is 11.1 Å². The highest BCUT2D eigenvalue weighted by molar-refractivity contribution is 5.33. The van der Waals surface area contributed by atoms with Crippen molar-refractivity contribution in [1.29, 1.82) is 0 Å². The molecular weight excluding hydrogens is 212 g/mol. The number of hydrogen-bond donors (Lipinski definition) is 1. The van der Waals surface area contributed by atoms with Gasteiger partial charge >= 0.3 is 0 Å². The molecule has 0 amide bonds. The van der Waals surface area contributed by atoms with Crippen molar-refractivity contribution in [3.8, 4) is 0 Å². The standard InChI is InChI=1S/C15H22O2/c1-11-6-7-13(9-12(11)2)15(3,16)14-5-4-8-17-10-14/h6-7,9,14,16H,4-5,8,10H2,1-3H3. The second kappa shape index (κ2) is 4.79. The summed E-state index contributed by atoms with van der Waals surface area (Å²) in [5, 5.41) is 10.7. The molecule has 94 valence electrons.